The van der Waals surface area contributed by atoms with E-state index in [9.17, 15) is 0 Å². The molecule has 0 aliphatic rings. The number of hydrogen-bond acceptors (Lipinski definition) is 4. The maximum absolute atomic E-state index is 5.50. The van der Waals surface area contributed by atoms with Crippen molar-refractivity contribution in [2.24, 2.45) is 0 Å². The fourth-order valence-electron chi connectivity index (χ4n) is 1.79. The Kier molecular flexibility index (Phi) is 4.65. The molecule has 0 fully saturated rings. The zero-order chi connectivity index (χ0) is 13.7. The van der Waals surface area contributed by atoms with Crippen LogP contribution in [0.2, 0.25) is 0 Å². The zero-order valence-electron chi connectivity index (χ0n) is 11.0. The molecule has 0 saturated carbocycles. The largest absolute Gasteiger partial charge is 0.494 e. The number of methoxy groups -OCH3 is 1. The average Bonchev–Trinajstić information content (AvgIpc) is 2.39. The van der Waals surface area contributed by atoms with Gasteiger partial charge in [0.25, 0.3) is 0 Å². The average molecular weight is 276 g/mol. The fourth-order valence-corrected chi connectivity index (χ4v) is 2.02. The van der Waals surface area contributed by atoms with Crippen LogP contribution in [0.15, 0.2) is 30.3 Å². The summed E-state index contributed by atoms with van der Waals surface area (Å²) in [5.41, 5.74) is 1.92. The highest BCUT2D eigenvalue weighted by molar-refractivity contribution is 7.71. The first-order valence-corrected chi connectivity index (χ1v) is 6.46. The van der Waals surface area contributed by atoms with Gasteiger partial charge in [-0.15, -0.1) is 0 Å². The normalized spacial score (nSPS) is 10.4. The number of aromatic amines is 1. The minimum Gasteiger partial charge on any atom is -0.494 e. The van der Waals surface area contributed by atoms with Crippen molar-refractivity contribution in [1.82, 2.24) is 9.97 Å². The van der Waals surface area contributed by atoms with E-state index in [1.165, 1.54) is 0 Å². The zero-order valence-corrected chi connectivity index (χ0v) is 11.8. The Morgan fingerprint density at radius 1 is 1.32 bits per heavy atom. The Bertz CT molecular complexity index is 610. The van der Waals surface area contributed by atoms with Crippen molar-refractivity contribution in [3.63, 3.8) is 0 Å². The lowest BCUT2D eigenvalue weighted by Gasteiger charge is -2.08. The van der Waals surface area contributed by atoms with Crippen LogP contribution in [0.1, 0.15) is 12.7 Å². The predicted molar refractivity (Wildman–Crippen MR) is 76.7 cm³/mol. The van der Waals surface area contributed by atoms with Crippen LogP contribution < -0.4 is 4.74 Å². The van der Waals surface area contributed by atoms with E-state index in [-0.39, 0.29) is 0 Å². The maximum Gasteiger partial charge on any atom is 0.134 e. The monoisotopic (exact) mass is 276 g/mol. The highest BCUT2D eigenvalue weighted by atomic mass is 32.1. The van der Waals surface area contributed by atoms with Crippen LogP contribution >= 0.6 is 12.2 Å². The first-order chi connectivity index (χ1) is 9.22. The molecule has 0 radical (unpaired) electrons. The molecule has 0 aliphatic carbocycles. The quantitative estimate of drug-likeness (QED) is 0.851. The fraction of sp³-hybridized carbons (Fsp3) is 0.286. The van der Waals surface area contributed by atoms with Gasteiger partial charge >= 0.3 is 0 Å². The first-order valence-electron chi connectivity index (χ1n) is 6.05. The minimum absolute atomic E-state index is 0.405. The molecule has 1 heterocycles. The SMILES string of the molecule is CCOc1cccc(-c2cc(=S)nc(COC)[nH]2)c1. The second-order valence-electron chi connectivity index (χ2n) is 3.97. The van der Waals surface area contributed by atoms with Gasteiger partial charge in [-0.1, -0.05) is 24.4 Å². The molecule has 0 amide bonds. The molecule has 2 rings (SSSR count). The van der Waals surface area contributed by atoms with Crippen molar-refractivity contribution in [2.75, 3.05) is 13.7 Å². The molecule has 1 aromatic carbocycles. The van der Waals surface area contributed by atoms with Crippen LogP contribution in [0, 0.1) is 4.64 Å². The Balaban J connectivity index is 2.40. The molecule has 19 heavy (non-hydrogen) atoms. The minimum atomic E-state index is 0.405. The number of rotatable bonds is 5. The van der Waals surface area contributed by atoms with Gasteiger partial charge in [0.15, 0.2) is 0 Å². The van der Waals surface area contributed by atoms with Gasteiger partial charge in [0.2, 0.25) is 0 Å². The van der Waals surface area contributed by atoms with Crippen LogP contribution in [0.25, 0.3) is 11.3 Å². The number of hydrogen-bond donors (Lipinski definition) is 1. The molecule has 1 N–H and O–H groups in total. The highest BCUT2D eigenvalue weighted by Gasteiger charge is 2.03. The van der Waals surface area contributed by atoms with E-state index in [0.717, 1.165) is 17.0 Å². The predicted octanol–water partition coefficient (Wildman–Crippen LogP) is 3.35. The van der Waals surface area contributed by atoms with Crippen molar-refractivity contribution in [3.8, 4) is 17.0 Å². The summed E-state index contributed by atoms with van der Waals surface area (Å²) in [6.07, 6.45) is 0. The summed E-state index contributed by atoms with van der Waals surface area (Å²) < 4.78 is 11.1. The van der Waals surface area contributed by atoms with Crippen LogP contribution in [0.3, 0.4) is 0 Å². The Morgan fingerprint density at radius 3 is 2.89 bits per heavy atom. The van der Waals surface area contributed by atoms with Crippen LogP contribution in [-0.2, 0) is 11.3 Å². The Morgan fingerprint density at radius 2 is 2.16 bits per heavy atom. The molecule has 5 heteroatoms. The molecule has 0 bridgehead atoms. The second kappa shape index (κ2) is 6.45. The van der Waals surface area contributed by atoms with Gasteiger partial charge < -0.3 is 14.5 Å². The summed E-state index contributed by atoms with van der Waals surface area (Å²) in [4.78, 5) is 7.42. The Hall–Kier alpha value is -1.72. The standard InChI is InChI=1S/C14H16N2O2S/c1-3-18-11-6-4-5-10(7-11)12-8-14(19)16-13(15-12)9-17-2/h4-8H,3,9H2,1-2H3,(H,15,16,19). The van der Waals surface area contributed by atoms with Crippen molar-refractivity contribution < 1.29 is 9.47 Å². The molecule has 0 saturated heterocycles. The van der Waals surface area contributed by atoms with E-state index < -0.39 is 0 Å². The molecule has 4 nitrogen and oxygen atoms in total. The number of ether oxygens (including phenoxy) is 2. The molecule has 0 atom stereocenters. The van der Waals surface area contributed by atoms with Gasteiger partial charge in [0, 0.05) is 18.4 Å². The number of nitrogens with zero attached hydrogens (tertiary/aromatic N) is 1. The van der Waals surface area contributed by atoms with Gasteiger partial charge in [-0.25, -0.2) is 4.98 Å². The molecule has 0 aliphatic heterocycles. The van der Waals surface area contributed by atoms with Gasteiger partial charge in [-0.2, -0.15) is 0 Å². The molecule has 1 aromatic heterocycles. The van der Waals surface area contributed by atoms with Crippen molar-refractivity contribution in [1.29, 1.82) is 0 Å². The molecular weight excluding hydrogens is 260 g/mol. The summed E-state index contributed by atoms with van der Waals surface area (Å²) in [6, 6.07) is 9.69. The first kappa shape index (κ1) is 13.7. The maximum atomic E-state index is 5.50. The van der Waals surface area contributed by atoms with E-state index >= 15 is 0 Å². The molecule has 100 valence electrons. The lowest BCUT2D eigenvalue weighted by atomic mass is 10.1. The number of benzene rings is 1. The molecule has 0 unspecified atom stereocenters. The van der Waals surface area contributed by atoms with E-state index in [0.29, 0.717) is 23.7 Å². The molecule has 0 spiro atoms. The van der Waals surface area contributed by atoms with Crippen molar-refractivity contribution in [3.05, 3.63) is 40.8 Å². The van der Waals surface area contributed by atoms with E-state index in [1.807, 2.05) is 37.3 Å². The van der Waals surface area contributed by atoms with Crippen LogP contribution in [0.4, 0.5) is 0 Å². The number of nitrogens with one attached hydrogen (secondary N) is 1. The van der Waals surface area contributed by atoms with E-state index in [1.54, 1.807) is 7.11 Å². The van der Waals surface area contributed by atoms with Gasteiger partial charge in [0.05, 0.1) is 6.61 Å². The van der Waals surface area contributed by atoms with Gasteiger partial charge in [-0.05, 0) is 25.1 Å². The third-order valence-corrected chi connectivity index (χ3v) is 2.74. The topological polar surface area (TPSA) is 47.1 Å². The third kappa shape index (κ3) is 3.62. The number of aromatic nitrogens is 2. The Labute approximate surface area is 117 Å². The lowest BCUT2D eigenvalue weighted by molar-refractivity contribution is 0.177. The van der Waals surface area contributed by atoms with E-state index in [2.05, 4.69) is 9.97 Å². The smallest absolute Gasteiger partial charge is 0.134 e. The summed E-state index contributed by atoms with van der Waals surface area (Å²) >= 11 is 5.17. The lowest BCUT2D eigenvalue weighted by Crippen LogP contribution is -1.99. The highest BCUT2D eigenvalue weighted by Crippen LogP contribution is 2.22. The summed E-state index contributed by atoms with van der Waals surface area (Å²) in [5.74, 6) is 1.55. The second-order valence-corrected chi connectivity index (χ2v) is 4.39. The van der Waals surface area contributed by atoms with E-state index in [4.69, 9.17) is 21.7 Å². The molecular formula is C14H16N2O2S. The third-order valence-electron chi connectivity index (χ3n) is 2.53. The van der Waals surface area contributed by atoms with Crippen molar-refractivity contribution in [2.45, 2.75) is 13.5 Å². The van der Waals surface area contributed by atoms with Gasteiger partial charge in [-0.3, -0.25) is 0 Å². The summed E-state index contributed by atoms with van der Waals surface area (Å²) in [5, 5.41) is 0. The summed E-state index contributed by atoms with van der Waals surface area (Å²) in [7, 11) is 1.63. The molecule has 2 aromatic rings. The van der Waals surface area contributed by atoms with Gasteiger partial charge in [0.1, 0.15) is 22.8 Å². The number of H-pyrrole nitrogens is 1. The summed E-state index contributed by atoms with van der Waals surface area (Å²) in [6.45, 7) is 3.01. The van der Waals surface area contributed by atoms with Crippen LogP contribution in [-0.4, -0.2) is 23.7 Å². The van der Waals surface area contributed by atoms with Crippen molar-refractivity contribution >= 4 is 12.2 Å². The van der Waals surface area contributed by atoms with Crippen LogP contribution in [0.5, 0.6) is 5.75 Å².